The zero-order valence-corrected chi connectivity index (χ0v) is 13.1. The van der Waals surface area contributed by atoms with Crippen molar-refractivity contribution >= 4 is 27.6 Å². The number of hydrogen-bond donors (Lipinski definition) is 1. The summed E-state index contributed by atoms with van der Waals surface area (Å²) < 4.78 is 11.0. The summed E-state index contributed by atoms with van der Waals surface area (Å²) in [5.41, 5.74) is 0.731. The quantitative estimate of drug-likeness (QED) is 0.549. The number of hydrogen-bond acceptors (Lipinski definition) is 3. The lowest BCUT2D eigenvalue weighted by atomic mass is 10.1. The fourth-order valence-corrected chi connectivity index (χ4v) is 2.91. The van der Waals surface area contributed by atoms with E-state index in [1.165, 1.54) is 0 Å². The van der Waals surface area contributed by atoms with E-state index in [4.69, 9.17) is 8.83 Å². The Labute approximate surface area is 139 Å². The van der Waals surface area contributed by atoms with Crippen molar-refractivity contribution < 1.29 is 13.6 Å². The van der Waals surface area contributed by atoms with Gasteiger partial charge in [-0.25, -0.2) is 0 Å². The van der Waals surface area contributed by atoms with Crippen LogP contribution in [0.15, 0.2) is 69.7 Å². The Morgan fingerprint density at radius 2 is 1.92 bits per heavy atom. The standard InChI is InChI=1S/C20H17NO3/c22-20(21-11-3-6-15-7-4-12-23-15)19-13-17-16-8-2-1-5-14(16)9-10-18(17)24-19/h1-2,4-5,7-10,12-13H,3,6,11H2,(H,21,22). The molecular weight excluding hydrogens is 302 g/mol. The van der Waals surface area contributed by atoms with Crippen molar-refractivity contribution in [3.05, 3.63) is 72.4 Å². The third-order valence-corrected chi connectivity index (χ3v) is 4.12. The lowest BCUT2D eigenvalue weighted by molar-refractivity contribution is 0.0927. The molecule has 1 amide bonds. The minimum Gasteiger partial charge on any atom is -0.469 e. The molecule has 24 heavy (non-hydrogen) atoms. The zero-order valence-electron chi connectivity index (χ0n) is 13.1. The smallest absolute Gasteiger partial charge is 0.287 e. The summed E-state index contributed by atoms with van der Waals surface area (Å²) in [5.74, 6) is 1.09. The van der Waals surface area contributed by atoms with Crippen LogP contribution in [0.5, 0.6) is 0 Å². The van der Waals surface area contributed by atoms with Crippen LogP contribution in [-0.2, 0) is 6.42 Å². The minimum atomic E-state index is -0.185. The zero-order chi connectivity index (χ0) is 16.4. The average molecular weight is 319 g/mol. The second kappa shape index (κ2) is 6.24. The van der Waals surface area contributed by atoms with Crippen LogP contribution < -0.4 is 5.32 Å². The maximum Gasteiger partial charge on any atom is 0.287 e. The fourth-order valence-electron chi connectivity index (χ4n) is 2.91. The van der Waals surface area contributed by atoms with E-state index in [0.717, 1.165) is 40.3 Å². The maximum absolute atomic E-state index is 12.3. The van der Waals surface area contributed by atoms with Gasteiger partial charge in [0, 0.05) is 18.4 Å². The molecule has 0 aliphatic carbocycles. The number of amides is 1. The highest BCUT2D eigenvalue weighted by molar-refractivity contribution is 6.08. The summed E-state index contributed by atoms with van der Waals surface area (Å²) in [7, 11) is 0. The van der Waals surface area contributed by atoms with Gasteiger partial charge in [0.15, 0.2) is 5.76 Å². The van der Waals surface area contributed by atoms with E-state index in [1.807, 2.05) is 48.5 Å². The molecule has 1 N–H and O–H groups in total. The predicted molar refractivity (Wildman–Crippen MR) is 93.1 cm³/mol. The van der Waals surface area contributed by atoms with Gasteiger partial charge >= 0.3 is 0 Å². The summed E-state index contributed by atoms with van der Waals surface area (Å²) >= 11 is 0. The van der Waals surface area contributed by atoms with Gasteiger partial charge < -0.3 is 14.2 Å². The van der Waals surface area contributed by atoms with Crippen LogP contribution in [0.1, 0.15) is 22.7 Å². The molecule has 0 radical (unpaired) electrons. The molecule has 0 atom stereocenters. The molecule has 0 bridgehead atoms. The number of nitrogens with one attached hydrogen (secondary N) is 1. The van der Waals surface area contributed by atoms with Crippen LogP contribution in [0.25, 0.3) is 21.7 Å². The molecule has 0 saturated carbocycles. The van der Waals surface area contributed by atoms with Crippen molar-refractivity contribution in [1.82, 2.24) is 5.32 Å². The van der Waals surface area contributed by atoms with Gasteiger partial charge in [0.05, 0.1) is 6.26 Å². The molecule has 4 aromatic rings. The van der Waals surface area contributed by atoms with Crippen molar-refractivity contribution in [3.8, 4) is 0 Å². The van der Waals surface area contributed by atoms with Crippen LogP contribution in [0, 0.1) is 0 Å². The molecule has 4 heteroatoms. The second-order valence-corrected chi connectivity index (χ2v) is 5.75. The summed E-state index contributed by atoms with van der Waals surface area (Å²) in [5, 5.41) is 6.09. The van der Waals surface area contributed by atoms with Crippen molar-refractivity contribution in [3.63, 3.8) is 0 Å². The van der Waals surface area contributed by atoms with Gasteiger partial charge in [-0.3, -0.25) is 4.79 Å². The van der Waals surface area contributed by atoms with Crippen LogP contribution in [-0.4, -0.2) is 12.5 Å². The normalized spacial score (nSPS) is 11.2. The van der Waals surface area contributed by atoms with Crippen molar-refractivity contribution in [2.24, 2.45) is 0 Å². The molecule has 0 unspecified atom stereocenters. The minimum absolute atomic E-state index is 0.185. The van der Waals surface area contributed by atoms with Gasteiger partial charge in [-0.15, -0.1) is 0 Å². The molecule has 2 aromatic heterocycles. The molecule has 0 saturated heterocycles. The average Bonchev–Trinajstić information content (AvgIpc) is 3.28. The summed E-state index contributed by atoms with van der Waals surface area (Å²) in [4.78, 5) is 12.3. The second-order valence-electron chi connectivity index (χ2n) is 5.75. The number of carbonyl (C=O) groups excluding carboxylic acids is 1. The lowest BCUT2D eigenvalue weighted by Gasteiger charge is -2.01. The fraction of sp³-hybridized carbons (Fsp3) is 0.150. The molecule has 0 fully saturated rings. The first-order valence-corrected chi connectivity index (χ1v) is 8.03. The highest BCUT2D eigenvalue weighted by atomic mass is 16.3. The Morgan fingerprint density at radius 1 is 1.00 bits per heavy atom. The van der Waals surface area contributed by atoms with Crippen molar-refractivity contribution in [2.45, 2.75) is 12.8 Å². The monoisotopic (exact) mass is 319 g/mol. The number of carbonyl (C=O) groups is 1. The summed E-state index contributed by atoms with van der Waals surface area (Å²) in [6.07, 6.45) is 3.28. The van der Waals surface area contributed by atoms with Crippen molar-refractivity contribution in [1.29, 1.82) is 0 Å². The number of aryl methyl sites for hydroxylation is 1. The number of furan rings is 2. The Balaban J connectivity index is 1.47. The molecule has 0 aliphatic rings. The van der Waals surface area contributed by atoms with Crippen molar-refractivity contribution in [2.75, 3.05) is 6.54 Å². The van der Waals surface area contributed by atoms with E-state index in [1.54, 1.807) is 6.26 Å². The number of rotatable bonds is 5. The highest BCUT2D eigenvalue weighted by Crippen LogP contribution is 2.28. The van der Waals surface area contributed by atoms with Crippen LogP contribution in [0.3, 0.4) is 0 Å². The number of fused-ring (bicyclic) bond motifs is 3. The molecule has 0 aliphatic heterocycles. The molecule has 2 aromatic carbocycles. The first-order valence-electron chi connectivity index (χ1n) is 8.03. The van der Waals surface area contributed by atoms with E-state index >= 15 is 0 Å². The van der Waals surface area contributed by atoms with Gasteiger partial charge in [-0.1, -0.05) is 30.3 Å². The van der Waals surface area contributed by atoms with Gasteiger partial charge in [0.2, 0.25) is 0 Å². The van der Waals surface area contributed by atoms with Crippen LogP contribution in [0.2, 0.25) is 0 Å². The van der Waals surface area contributed by atoms with E-state index < -0.39 is 0 Å². The van der Waals surface area contributed by atoms with Gasteiger partial charge in [-0.05, 0) is 41.5 Å². The Kier molecular flexibility index (Phi) is 3.79. The first-order chi connectivity index (χ1) is 11.8. The molecule has 2 heterocycles. The van der Waals surface area contributed by atoms with Crippen LogP contribution in [0.4, 0.5) is 0 Å². The molecule has 4 nitrogen and oxygen atoms in total. The van der Waals surface area contributed by atoms with E-state index in [9.17, 15) is 4.79 Å². The van der Waals surface area contributed by atoms with Crippen LogP contribution >= 0.6 is 0 Å². The first kappa shape index (κ1) is 14.6. The molecule has 0 spiro atoms. The third-order valence-electron chi connectivity index (χ3n) is 4.12. The molecular formula is C20H17NO3. The number of benzene rings is 2. The maximum atomic E-state index is 12.3. The SMILES string of the molecule is O=C(NCCCc1ccco1)c1cc2c(ccc3ccccc32)o1. The van der Waals surface area contributed by atoms with Gasteiger partial charge in [-0.2, -0.15) is 0 Å². The topological polar surface area (TPSA) is 55.4 Å². The molecule has 4 rings (SSSR count). The Morgan fingerprint density at radius 3 is 2.79 bits per heavy atom. The third kappa shape index (κ3) is 2.78. The largest absolute Gasteiger partial charge is 0.469 e. The Bertz CT molecular complexity index is 983. The highest BCUT2D eigenvalue weighted by Gasteiger charge is 2.13. The van der Waals surface area contributed by atoms with E-state index in [-0.39, 0.29) is 5.91 Å². The predicted octanol–water partition coefficient (Wildman–Crippen LogP) is 4.54. The van der Waals surface area contributed by atoms with E-state index in [2.05, 4.69) is 11.4 Å². The van der Waals surface area contributed by atoms with Gasteiger partial charge in [0.1, 0.15) is 11.3 Å². The lowest BCUT2D eigenvalue weighted by Crippen LogP contribution is -2.24. The van der Waals surface area contributed by atoms with E-state index in [0.29, 0.717) is 12.3 Å². The van der Waals surface area contributed by atoms with Gasteiger partial charge in [0.25, 0.3) is 5.91 Å². The summed E-state index contributed by atoms with van der Waals surface area (Å²) in [6, 6.07) is 17.6. The molecule has 120 valence electrons. The summed E-state index contributed by atoms with van der Waals surface area (Å²) in [6.45, 7) is 0.581. The Hall–Kier alpha value is -3.01.